The number of hydrogen-bond acceptors (Lipinski definition) is 5. The number of hydrogen-bond donors (Lipinski definition) is 1. The first-order valence-electron chi connectivity index (χ1n) is 11.2. The van der Waals surface area contributed by atoms with Crippen molar-refractivity contribution < 1.29 is 19.4 Å². The Balaban J connectivity index is 1.63. The van der Waals surface area contributed by atoms with Crippen LogP contribution in [0.25, 0.3) is 0 Å². The van der Waals surface area contributed by atoms with Gasteiger partial charge in [-0.2, -0.15) is 0 Å². The lowest BCUT2D eigenvalue weighted by Crippen LogP contribution is -2.37. The Hall–Kier alpha value is -3.12. The first kappa shape index (κ1) is 22.1. The number of ketones is 1. The van der Waals surface area contributed by atoms with Gasteiger partial charge in [-0.3, -0.25) is 9.59 Å². The SMILES string of the molecule is CN(C)c1ccc(C2C(C(=O)CCc3ccccc3)=C(O)C(=O)N2CC2CCCO2)cc1. The fourth-order valence-corrected chi connectivity index (χ4v) is 4.47. The maximum absolute atomic E-state index is 13.3. The fourth-order valence-electron chi connectivity index (χ4n) is 4.47. The average molecular weight is 435 g/mol. The van der Waals surface area contributed by atoms with Crippen LogP contribution in [0.2, 0.25) is 0 Å². The summed E-state index contributed by atoms with van der Waals surface area (Å²) in [5.41, 5.74) is 3.08. The fraction of sp³-hybridized carbons (Fsp3) is 0.385. The lowest BCUT2D eigenvalue weighted by Gasteiger charge is -2.29. The van der Waals surface area contributed by atoms with Crippen molar-refractivity contribution in [2.45, 2.75) is 37.8 Å². The summed E-state index contributed by atoms with van der Waals surface area (Å²) in [4.78, 5) is 29.9. The predicted molar refractivity (Wildman–Crippen MR) is 124 cm³/mol. The number of nitrogens with zero attached hydrogens (tertiary/aromatic N) is 2. The molecule has 2 aromatic carbocycles. The summed E-state index contributed by atoms with van der Waals surface area (Å²) in [5.74, 6) is -1.12. The van der Waals surface area contributed by atoms with Crippen LogP contribution < -0.4 is 4.90 Å². The Kier molecular flexibility index (Phi) is 6.61. The normalized spacial score (nSPS) is 20.8. The van der Waals surface area contributed by atoms with Crippen LogP contribution >= 0.6 is 0 Å². The average Bonchev–Trinajstić information content (AvgIpc) is 3.40. The summed E-state index contributed by atoms with van der Waals surface area (Å²) in [6, 6.07) is 16.9. The Morgan fingerprint density at radius 2 is 1.84 bits per heavy atom. The van der Waals surface area contributed by atoms with Crippen LogP contribution in [-0.4, -0.2) is 55.0 Å². The van der Waals surface area contributed by atoms with Gasteiger partial charge < -0.3 is 19.6 Å². The van der Waals surface area contributed by atoms with Crippen molar-refractivity contribution >= 4 is 17.4 Å². The molecule has 2 heterocycles. The van der Waals surface area contributed by atoms with Crippen molar-refractivity contribution in [3.05, 3.63) is 77.1 Å². The highest BCUT2D eigenvalue weighted by molar-refractivity contribution is 6.09. The summed E-state index contributed by atoms with van der Waals surface area (Å²) in [6.07, 6.45) is 2.54. The summed E-state index contributed by atoms with van der Waals surface area (Å²) < 4.78 is 5.75. The van der Waals surface area contributed by atoms with Gasteiger partial charge in [0.1, 0.15) is 0 Å². The van der Waals surface area contributed by atoms with Gasteiger partial charge in [0.25, 0.3) is 5.91 Å². The third-order valence-electron chi connectivity index (χ3n) is 6.24. The summed E-state index contributed by atoms with van der Waals surface area (Å²) in [7, 11) is 3.92. The van der Waals surface area contributed by atoms with E-state index in [0.29, 0.717) is 19.6 Å². The first-order chi connectivity index (χ1) is 15.5. The van der Waals surface area contributed by atoms with Gasteiger partial charge in [-0.1, -0.05) is 42.5 Å². The number of ether oxygens (including phenoxy) is 1. The number of amides is 1. The van der Waals surface area contributed by atoms with Crippen LogP contribution in [0.1, 0.15) is 36.4 Å². The maximum atomic E-state index is 13.3. The molecule has 6 nitrogen and oxygen atoms in total. The van der Waals surface area contributed by atoms with Gasteiger partial charge in [-0.15, -0.1) is 0 Å². The highest BCUT2D eigenvalue weighted by Gasteiger charge is 2.44. The molecule has 168 valence electrons. The Morgan fingerprint density at radius 3 is 2.47 bits per heavy atom. The molecule has 1 fully saturated rings. The number of Topliss-reactive ketones (excluding diaryl/α,β-unsaturated/α-hetero) is 1. The van der Waals surface area contributed by atoms with Gasteiger partial charge in [-0.05, 0) is 42.5 Å². The molecule has 2 aliphatic heterocycles. The van der Waals surface area contributed by atoms with Gasteiger partial charge in [0, 0.05) is 39.4 Å². The Bertz CT molecular complexity index is 992. The second-order valence-corrected chi connectivity index (χ2v) is 8.65. The molecule has 32 heavy (non-hydrogen) atoms. The van der Waals surface area contributed by atoms with Gasteiger partial charge in [-0.25, -0.2) is 0 Å². The van der Waals surface area contributed by atoms with Crippen LogP contribution in [0.15, 0.2) is 65.9 Å². The number of benzene rings is 2. The molecule has 2 unspecified atom stereocenters. The summed E-state index contributed by atoms with van der Waals surface area (Å²) >= 11 is 0. The number of aliphatic hydroxyl groups excluding tert-OH is 1. The van der Waals surface area contributed by atoms with E-state index in [9.17, 15) is 14.7 Å². The summed E-state index contributed by atoms with van der Waals surface area (Å²) in [5, 5.41) is 10.8. The van der Waals surface area contributed by atoms with Crippen molar-refractivity contribution in [3.8, 4) is 0 Å². The lowest BCUT2D eigenvalue weighted by atomic mass is 9.93. The van der Waals surface area contributed by atoms with E-state index >= 15 is 0 Å². The number of carbonyl (C=O) groups is 2. The minimum absolute atomic E-state index is 0.0749. The molecule has 0 aliphatic carbocycles. The highest BCUT2D eigenvalue weighted by Crippen LogP contribution is 2.39. The van der Waals surface area contributed by atoms with Crippen LogP contribution in [-0.2, 0) is 20.7 Å². The first-order valence-corrected chi connectivity index (χ1v) is 11.2. The van der Waals surface area contributed by atoms with Gasteiger partial charge in [0.15, 0.2) is 11.5 Å². The van der Waals surface area contributed by atoms with E-state index in [-0.39, 0.29) is 23.9 Å². The van der Waals surface area contributed by atoms with E-state index in [2.05, 4.69) is 0 Å². The van der Waals surface area contributed by atoms with E-state index in [1.54, 1.807) is 4.90 Å². The van der Waals surface area contributed by atoms with Crippen molar-refractivity contribution in [1.29, 1.82) is 0 Å². The number of aryl methyl sites for hydroxylation is 1. The second kappa shape index (κ2) is 9.57. The molecular weight excluding hydrogens is 404 g/mol. The molecule has 1 saturated heterocycles. The molecule has 2 aliphatic rings. The van der Waals surface area contributed by atoms with Crippen LogP contribution in [0.5, 0.6) is 0 Å². The van der Waals surface area contributed by atoms with Crippen molar-refractivity contribution in [2.75, 3.05) is 32.1 Å². The molecule has 4 rings (SSSR count). The molecule has 2 atom stereocenters. The van der Waals surface area contributed by atoms with Crippen LogP contribution in [0.4, 0.5) is 5.69 Å². The molecule has 0 bridgehead atoms. The molecule has 2 aromatic rings. The Morgan fingerprint density at radius 1 is 1.12 bits per heavy atom. The van der Waals surface area contributed by atoms with Crippen LogP contribution in [0, 0.1) is 0 Å². The van der Waals surface area contributed by atoms with Gasteiger partial charge in [0.2, 0.25) is 0 Å². The molecule has 1 amide bonds. The molecule has 0 saturated carbocycles. The molecule has 1 N–H and O–H groups in total. The molecular formula is C26H30N2O4. The maximum Gasteiger partial charge on any atom is 0.290 e. The quantitative estimate of drug-likeness (QED) is 0.684. The number of aliphatic hydroxyl groups is 1. The van der Waals surface area contributed by atoms with Crippen molar-refractivity contribution in [1.82, 2.24) is 4.90 Å². The van der Waals surface area contributed by atoms with E-state index in [1.807, 2.05) is 73.6 Å². The zero-order valence-electron chi connectivity index (χ0n) is 18.7. The number of carbonyl (C=O) groups excluding carboxylic acids is 2. The number of anilines is 1. The minimum Gasteiger partial charge on any atom is -0.503 e. The molecule has 0 radical (unpaired) electrons. The van der Waals surface area contributed by atoms with Gasteiger partial charge >= 0.3 is 0 Å². The van der Waals surface area contributed by atoms with Gasteiger partial charge in [0.05, 0.1) is 17.7 Å². The van der Waals surface area contributed by atoms with E-state index in [4.69, 9.17) is 4.74 Å². The summed E-state index contributed by atoms with van der Waals surface area (Å²) in [6.45, 7) is 1.04. The minimum atomic E-state index is -0.605. The third kappa shape index (κ3) is 4.55. The van der Waals surface area contributed by atoms with Crippen LogP contribution in [0.3, 0.4) is 0 Å². The standard InChI is InChI=1S/C26H30N2O4/c1-27(2)20-13-11-19(12-14-20)24-23(22(29)15-10-18-7-4-3-5-8-18)25(30)26(31)28(24)17-21-9-6-16-32-21/h3-5,7-8,11-14,21,24,30H,6,9-10,15-17H2,1-2H3. The molecule has 6 heteroatoms. The monoisotopic (exact) mass is 434 g/mol. The third-order valence-corrected chi connectivity index (χ3v) is 6.24. The van der Waals surface area contributed by atoms with E-state index in [1.165, 1.54) is 0 Å². The predicted octanol–water partition coefficient (Wildman–Crippen LogP) is 3.83. The van der Waals surface area contributed by atoms with E-state index in [0.717, 1.165) is 29.7 Å². The second-order valence-electron chi connectivity index (χ2n) is 8.65. The van der Waals surface area contributed by atoms with Crippen molar-refractivity contribution in [2.24, 2.45) is 0 Å². The smallest absolute Gasteiger partial charge is 0.290 e. The lowest BCUT2D eigenvalue weighted by molar-refractivity contribution is -0.131. The zero-order chi connectivity index (χ0) is 22.7. The topological polar surface area (TPSA) is 70.1 Å². The highest BCUT2D eigenvalue weighted by atomic mass is 16.5. The zero-order valence-corrected chi connectivity index (χ0v) is 18.7. The largest absolute Gasteiger partial charge is 0.503 e. The molecule has 0 aromatic heterocycles. The Labute approximate surface area is 189 Å². The van der Waals surface area contributed by atoms with E-state index < -0.39 is 17.7 Å². The molecule has 0 spiro atoms. The number of rotatable bonds is 8. The van der Waals surface area contributed by atoms with Crippen molar-refractivity contribution in [3.63, 3.8) is 0 Å².